The van der Waals surface area contributed by atoms with Crippen LogP contribution in [0.2, 0.25) is 0 Å². The van der Waals surface area contributed by atoms with Crippen LogP contribution in [0, 0.1) is 5.82 Å². The summed E-state index contributed by atoms with van der Waals surface area (Å²) in [5.41, 5.74) is 2.32. The standard InChI is InChI=1S/C28H32F4N2O3/c1-26(37,28(30,31)32)19-8-6-18(7-9-19)25(36)34(20-10-11-20)21-12-15-27(16-13-21,17-14-24(33)35)22-4-2-3-5-23(22)29/h2-9,20-21,37H,10-17H2,1H3,(H2,33,35)/t21?,26-,27?/m0/s1. The van der Waals surface area contributed by atoms with Crippen molar-refractivity contribution in [2.75, 3.05) is 0 Å². The summed E-state index contributed by atoms with van der Waals surface area (Å²) in [7, 11) is 0. The molecule has 0 bridgehead atoms. The van der Waals surface area contributed by atoms with Gasteiger partial charge >= 0.3 is 6.18 Å². The van der Waals surface area contributed by atoms with Crippen molar-refractivity contribution < 1.29 is 32.3 Å². The number of aliphatic hydroxyl groups is 1. The lowest BCUT2D eigenvalue weighted by molar-refractivity contribution is -0.258. The summed E-state index contributed by atoms with van der Waals surface area (Å²) in [5.74, 6) is -1.03. The third-order valence-electron chi connectivity index (χ3n) is 8.02. The molecule has 0 spiro atoms. The minimum Gasteiger partial charge on any atom is -0.376 e. The number of rotatable bonds is 8. The third-order valence-corrected chi connectivity index (χ3v) is 8.02. The molecule has 2 amide bonds. The average molecular weight is 521 g/mol. The van der Waals surface area contributed by atoms with Gasteiger partial charge in [0.1, 0.15) is 5.82 Å². The molecule has 200 valence electrons. The van der Waals surface area contributed by atoms with E-state index in [4.69, 9.17) is 5.73 Å². The quantitative estimate of drug-likeness (QED) is 0.461. The number of amides is 2. The highest BCUT2D eigenvalue weighted by Gasteiger charge is 2.51. The van der Waals surface area contributed by atoms with Gasteiger partial charge < -0.3 is 15.7 Å². The molecule has 1 atom stereocenters. The molecule has 2 aromatic carbocycles. The molecule has 0 unspecified atom stereocenters. The second-order valence-electron chi connectivity index (χ2n) is 10.5. The molecule has 0 aliphatic heterocycles. The van der Waals surface area contributed by atoms with Crippen LogP contribution in [0.25, 0.3) is 0 Å². The van der Waals surface area contributed by atoms with E-state index in [-0.39, 0.29) is 41.4 Å². The maximum atomic E-state index is 14.8. The summed E-state index contributed by atoms with van der Waals surface area (Å²) >= 11 is 0. The molecule has 2 aliphatic rings. The molecular formula is C28H32F4N2O3. The van der Waals surface area contributed by atoms with Crippen molar-refractivity contribution in [2.24, 2.45) is 5.73 Å². The lowest BCUT2D eigenvalue weighted by Gasteiger charge is -2.44. The van der Waals surface area contributed by atoms with Crippen LogP contribution in [0.4, 0.5) is 17.6 Å². The minimum absolute atomic E-state index is 0.0574. The van der Waals surface area contributed by atoms with Gasteiger partial charge in [0, 0.05) is 24.1 Å². The van der Waals surface area contributed by atoms with Crippen molar-refractivity contribution in [1.82, 2.24) is 4.90 Å². The van der Waals surface area contributed by atoms with Crippen molar-refractivity contribution in [3.8, 4) is 0 Å². The van der Waals surface area contributed by atoms with Crippen molar-refractivity contribution in [3.63, 3.8) is 0 Å². The molecule has 2 aliphatic carbocycles. The van der Waals surface area contributed by atoms with Crippen LogP contribution in [0.5, 0.6) is 0 Å². The Morgan fingerprint density at radius 3 is 2.08 bits per heavy atom. The zero-order valence-electron chi connectivity index (χ0n) is 20.7. The predicted octanol–water partition coefficient (Wildman–Crippen LogP) is 5.35. The van der Waals surface area contributed by atoms with Gasteiger partial charge in [0.05, 0.1) is 0 Å². The summed E-state index contributed by atoms with van der Waals surface area (Å²) in [4.78, 5) is 26.9. The van der Waals surface area contributed by atoms with Gasteiger partial charge in [-0.05, 0) is 86.6 Å². The van der Waals surface area contributed by atoms with Crippen LogP contribution in [0.1, 0.15) is 79.8 Å². The normalized spacial score (nSPS) is 23.8. The molecule has 4 rings (SSSR count). The Morgan fingerprint density at radius 1 is 1.00 bits per heavy atom. The van der Waals surface area contributed by atoms with Crippen LogP contribution >= 0.6 is 0 Å². The maximum Gasteiger partial charge on any atom is 0.421 e. The maximum absolute atomic E-state index is 14.8. The van der Waals surface area contributed by atoms with Gasteiger partial charge in [0.25, 0.3) is 5.91 Å². The highest BCUT2D eigenvalue weighted by Crippen LogP contribution is 2.47. The number of nitrogens with zero attached hydrogens (tertiary/aromatic N) is 1. The second-order valence-corrected chi connectivity index (χ2v) is 10.5. The molecule has 3 N–H and O–H groups in total. The monoisotopic (exact) mass is 520 g/mol. The number of hydrogen-bond acceptors (Lipinski definition) is 3. The Morgan fingerprint density at radius 2 is 1.57 bits per heavy atom. The SMILES string of the molecule is C[C@](O)(c1ccc(C(=O)N(C2CC2)C2CCC(CCC(N)=O)(c3ccccc3F)CC2)cc1)C(F)(F)F. The lowest BCUT2D eigenvalue weighted by atomic mass is 9.65. The molecular weight excluding hydrogens is 488 g/mol. The Balaban J connectivity index is 1.53. The Labute approximate surface area is 213 Å². The molecule has 37 heavy (non-hydrogen) atoms. The fraction of sp³-hybridized carbons (Fsp3) is 0.500. The molecule has 2 aromatic rings. The molecule has 2 fully saturated rings. The minimum atomic E-state index is -4.85. The van der Waals surface area contributed by atoms with Crippen LogP contribution in [0.3, 0.4) is 0 Å². The average Bonchev–Trinajstić information content (AvgIpc) is 3.68. The van der Waals surface area contributed by atoms with E-state index >= 15 is 0 Å². The zero-order valence-corrected chi connectivity index (χ0v) is 20.7. The van der Waals surface area contributed by atoms with Gasteiger partial charge in [-0.15, -0.1) is 0 Å². The van der Waals surface area contributed by atoms with Crippen LogP contribution in [0.15, 0.2) is 48.5 Å². The van der Waals surface area contributed by atoms with Crippen LogP contribution < -0.4 is 5.73 Å². The number of halogens is 4. The highest BCUT2D eigenvalue weighted by atomic mass is 19.4. The van der Waals surface area contributed by atoms with Gasteiger partial charge in [-0.3, -0.25) is 9.59 Å². The van der Waals surface area contributed by atoms with E-state index < -0.39 is 23.1 Å². The van der Waals surface area contributed by atoms with Crippen LogP contribution in [-0.4, -0.2) is 40.1 Å². The summed E-state index contributed by atoms with van der Waals surface area (Å²) in [5, 5.41) is 9.93. The fourth-order valence-electron chi connectivity index (χ4n) is 5.57. The van der Waals surface area contributed by atoms with Crippen LogP contribution in [-0.2, 0) is 15.8 Å². The number of benzene rings is 2. The zero-order chi connectivity index (χ0) is 27.0. The molecule has 0 heterocycles. The number of primary amides is 1. The number of carbonyl (C=O) groups excluding carboxylic acids is 2. The van der Waals surface area contributed by atoms with E-state index in [0.717, 1.165) is 25.0 Å². The van der Waals surface area contributed by atoms with Gasteiger partial charge in [-0.25, -0.2) is 4.39 Å². The first kappa shape index (κ1) is 27.1. The van der Waals surface area contributed by atoms with E-state index in [9.17, 15) is 32.3 Å². The molecule has 0 aromatic heterocycles. The van der Waals surface area contributed by atoms with Gasteiger partial charge in [0.15, 0.2) is 5.60 Å². The van der Waals surface area contributed by atoms with E-state index in [1.807, 2.05) is 4.90 Å². The summed E-state index contributed by atoms with van der Waals surface area (Å²) < 4.78 is 54.4. The molecule has 2 saturated carbocycles. The number of alkyl halides is 3. The Bertz CT molecular complexity index is 1130. The van der Waals surface area contributed by atoms with Gasteiger partial charge in [0.2, 0.25) is 5.91 Å². The van der Waals surface area contributed by atoms with Crippen molar-refractivity contribution in [2.45, 2.75) is 87.6 Å². The Kier molecular flexibility index (Phi) is 7.38. The van der Waals surface area contributed by atoms with Gasteiger partial charge in [-0.2, -0.15) is 13.2 Å². The van der Waals surface area contributed by atoms with E-state index in [0.29, 0.717) is 44.6 Å². The fourth-order valence-corrected chi connectivity index (χ4v) is 5.57. The lowest BCUT2D eigenvalue weighted by Crippen LogP contribution is -2.47. The summed E-state index contributed by atoms with van der Waals surface area (Å²) in [6, 6.07) is 11.4. The smallest absolute Gasteiger partial charge is 0.376 e. The van der Waals surface area contributed by atoms with E-state index in [1.165, 1.54) is 18.2 Å². The predicted molar refractivity (Wildman–Crippen MR) is 130 cm³/mol. The van der Waals surface area contributed by atoms with Crippen molar-refractivity contribution >= 4 is 11.8 Å². The van der Waals surface area contributed by atoms with Gasteiger partial charge in [-0.1, -0.05) is 30.3 Å². The van der Waals surface area contributed by atoms with E-state index in [2.05, 4.69) is 0 Å². The first-order valence-electron chi connectivity index (χ1n) is 12.6. The largest absolute Gasteiger partial charge is 0.421 e. The number of nitrogens with two attached hydrogens (primary N) is 1. The summed E-state index contributed by atoms with van der Waals surface area (Å²) in [6.07, 6.45) is -0.212. The number of carbonyl (C=O) groups is 2. The topological polar surface area (TPSA) is 83.6 Å². The number of hydrogen-bond donors (Lipinski definition) is 2. The highest BCUT2D eigenvalue weighted by molar-refractivity contribution is 5.95. The molecule has 5 nitrogen and oxygen atoms in total. The van der Waals surface area contributed by atoms with Crippen molar-refractivity contribution in [1.29, 1.82) is 0 Å². The summed E-state index contributed by atoms with van der Waals surface area (Å²) in [6.45, 7) is 0.683. The molecule has 9 heteroatoms. The second kappa shape index (κ2) is 10.1. The van der Waals surface area contributed by atoms with E-state index in [1.54, 1.807) is 18.2 Å². The third kappa shape index (κ3) is 5.51. The Hall–Kier alpha value is -2.94. The van der Waals surface area contributed by atoms with Crippen molar-refractivity contribution in [3.05, 3.63) is 71.0 Å². The first-order valence-corrected chi connectivity index (χ1v) is 12.6. The first-order chi connectivity index (χ1) is 17.4. The molecule has 0 saturated heterocycles. The molecule has 0 radical (unpaired) electrons.